The van der Waals surface area contributed by atoms with Crippen LogP contribution in [-0.4, -0.2) is 10.1 Å². The Kier molecular flexibility index (Phi) is 11.2. The van der Waals surface area contributed by atoms with Gasteiger partial charge in [0.1, 0.15) is 5.82 Å². The van der Waals surface area contributed by atoms with Crippen LogP contribution in [0.5, 0.6) is 0 Å². The standard InChI is InChI=1S/C18H22N2O.C7H7F.C2H6/c1-13(2)20(18-6-5-9-19-15(18)4)11-17-10-14(3)7-8-16(17)12-21;1-6-4-2-3-5-7(6)8;1-2/h5-10,21H,1,11-12H2,2-4H3;2-5H,1H3;1-2H3. The molecule has 0 radical (unpaired) electrons. The minimum atomic E-state index is -0.132. The third-order valence-corrected chi connectivity index (χ3v) is 4.67. The number of aromatic nitrogens is 1. The van der Waals surface area contributed by atoms with Crippen molar-refractivity contribution in [2.75, 3.05) is 4.90 Å². The number of hydrogen-bond acceptors (Lipinski definition) is 3. The molecule has 1 heterocycles. The van der Waals surface area contributed by atoms with E-state index in [1.54, 1.807) is 25.3 Å². The lowest BCUT2D eigenvalue weighted by atomic mass is 10.0. The second-order valence-corrected chi connectivity index (χ2v) is 7.11. The van der Waals surface area contributed by atoms with E-state index in [0.29, 0.717) is 12.1 Å². The quantitative estimate of drug-likeness (QED) is 0.486. The van der Waals surface area contributed by atoms with Crippen LogP contribution in [0.25, 0.3) is 0 Å². The molecule has 3 nitrogen and oxygen atoms in total. The highest BCUT2D eigenvalue weighted by molar-refractivity contribution is 5.55. The lowest BCUT2D eigenvalue weighted by molar-refractivity contribution is 0.280. The molecule has 0 atom stereocenters. The first-order valence-corrected chi connectivity index (χ1v) is 10.6. The second-order valence-electron chi connectivity index (χ2n) is 7.11. The summed E-state index contributed by atoms with van der Waals surface area (Å²) in [4.78, 5) is 6.49. The Morgan fingerprint density at radius 1 is 1.00 bits per heavy atom. The zero-order valence-corrected chi connectivity index (χ0v) is 19.6. The van der Waals surface area contributed by atoms with E-state index in [1.165, 1.54) is 11.6 Å². The maximum Gasteiger partial charge on any atom is 0.126 e. The molecular formula is C27H35FN2O. The number of rotatable bonds is 5. The fraction of sp³-hybridized carbons (Fsp3) is 0.296. The summed E-state index contributed by atoms with van der Waals surface area (Å²) in [5.41, 5.74) is 6.93. The molecule has 4 heteroatoms. The zero-order chi connectivity index (χ0) is 23.4. The summed E-state index contributed by atoms with van der Waals surface area (Å²) in [6.45, 7) is 16.6. The van der Waals surface area contributed by atoms with E-state index < -0.39 is 0 Å². The van der Waals surface area contributed by atoms with Crippen molar-refractivity contribution in [3.8, 4) is 0 Å². The lowest BCUT2D eigenvalue weighted by Crippen LogP contribution is -2.22. The molecule has 3 rings (SSSR count). The molecular weight excluding hydrogens is 387 g/mol. The van der Waals surface area contributed by atoms with Gasteiger partial charge in [0, 0.05) is 18.4 Å². The van der Waals surface area contributed by atoms with Crippen molar-refractivity contribution in [3.05, 3.63) is 107 Å². The largest absolute Gasteiger partial charge is 0.392 e. The van der Waals surface area contributed by atoms with Gasteiger partial charge in [-0.3, -0.25) is 4.98 Å². The molecule has 2 aromatic carbocycles. The number of benzene rings is 2. The van der Waals surface area contributed by atoms with Crippen molar-refractivity contribution in [3.63, 3.8) is 0 Å². The summed E-state index contributed by atoms with van der Waals surface area (Å²) in [7, 11) is 0. The molecule has 0 unspecified atom stereocenters. The van der Waals surface area contributed by atoms with E-state index in [-0.39, 0.29) is 12.4 Å². The van der Waals surface area contributed by atoms with Crippen molar-refractivity contribution < 1.29 is 9.50 Å². The van der Waals surface area contributed by atoms with Gasteiger partial charge in [0.25, 0.3) is 0 Å². The lowest BCUT2D eigenvalue weighted by Gasteiger charge is -2.27. The van der Waals surface area contributed by atoms with E-state index in [0.717, 1.165) is 28.2 Å². The fourth-order valence-electron chi connectivity index (χ4n) is 2.96. The van der Waals surface area contributed by atoms with E-state index in [2.05, 4.69) is 29.5 Å². The molecule has 166 valence electrons. The Labute approximate surface area is 186 Å². The number of allylic oxidation sites excluding steroid dienone is 1. The smallest absolute Gasteiger partial charge is 0.126 e. The first-order valence-electron chi connectivity index (χ1n) is 10.6. The second kappa shape index (κ2) is 13.3. The third-order valence-electron chi connectivity index (χ3n) is 4.67. The summed E-state index contributed by atoms with van der Waals surface area (Å²) in [5.74, 6) is -0.132. The van der Waals surface area contributed by atoms with E-state index in [9.17, 15) is 9.50 Å². The van der Waals surface area contributed by atoms with E-state index in [4.69, 9.17) is 0 Å². The normalized spacial score (nSPS) is 9.68. The van der Waals surface area contributed by atoms with Gasteiger partial charge in [0.15, 0.2) is 0 Å². The molecule has 1 N–H and O–H groups in total. The van der Waals surface area contributed by atoms with Gasteiger partial charge >= 0.3 is 0 Å². The number of nitrogens with zero attached hydrogens (tertiary/aromatic N) is 2. The summed E-state index contributed by atoms with van der Waals surface area (Å²) >= 11 is 0. The van der Waals surface area contributed by atoms with E-state index >= 15 is 0 Å². The summed E-state index contributed by atoms with van der Waals surface area (Å²) < 4.78 is 12.3. The highest BCUT2D eigenvalue weighted by atomic mass is 19.1. The number of aliphatic hydroxyl groups is 1. The number of anilines is 1. The number of hydrogen-bond donors (Lipinski definition) is 1. The number of aryl methyl sites for hydroxylation is 3. The molecule has 31 heavy (non-hydrogen) atoms. The van der Waals surface area contributed by atoms with Crippen LogP contribution in [0, 0.1) is 26.6 Å². The topological polar surface area (TPSA) is 36.4 Å². The Hall–Kier alpha value is -2.98. The summed E-state index contributed by atoms with van der Waals surface area (Å²) in [5, 5.41) is 9.53. The van der Waals surface area contributed by atoms with Crippen LogP contribution in [-0.2, 0) is 13.2 Å². The molecule has 0 saturated carbocycles. The van der Waals surface area contributed by atoms with E-state index in [1.807, 2.05) is 58.0 Å². The van der Waals surface area contributed by atoms with Crippen LogP contribution in [0.3, 0.4) is 0 Å². The maximum absolute atomic E-state index is 12.3. The van der Waals surface area contributed by atoms with Gasteiger partial charge in [-0.05, 0) is 62.6 Å². The SMILES string of the molecule is C=C(C)N(Cc1cc(C)ccc1CO)c1cccnc1C.CC.Cc1ccccc1F. The van der Waals surface area contributed by atoms with Gasteiger partial charge in [0.05, 0.1) is 18.0 Å². The Morgan fingerprint density at radius 2 is 1.68 bits per heavy atom. The molecule has 0 bridgehead atoms. The fourth-order valence-corrected chi connectivity index (χ4v) is 2.96. The van der Waals surface area contributed by atoms with Crippen LogP contribution < -0.4 is 4.90 Å². The van der Waals surface area contributed by atoms with Gasteiger partial charge in [-0.25, -0.2) is 4.39 Å². The number of pyridine rings is 1. The molecule has 0 aliphatic rings. The highest BCUT2D eigenvalue weighted by Crippen LogP contribution is 2.25. The van der Waals surface area contributed by atoms with Gasteiger partial charge in [0.2, 0.25) is 0 Å². The molecule has 1 aromatic heterocycles. The molecule has 0 amide bonds. The van der Waals surface area contributed by atoms with Crippen molar-refractivity contribution >= 4 is 5.69 Å². The molecule has 0 aliphatic heterocycles. The Bertz CT molecular complexity index is 948. The van der Waals surface area contributed by atoms with Crippen molar-refractivity contribution in [1.29, 1.82) is 0 Å². The van der Waals surface area contributed by atoms with Crippen LogP contribution in [0.15, 0.2) is 73.1 Å². The summed E-state index contributed by atoms with van der Waals surface area (Å²) in [6, 6.07) is 16.8. The molecule has 0 aliphatic carbocycles. The monoisotopic (exact) mass is 422 g/mol. The van der Waals surface area contributed by atoms with Crippen LogP contribution >= 0.6 is 0 Å². The van der Waals surface area contributed by atoms with Crippen LogP contribution in [0.1, 0.15) is 48.7 Å². The molecule has 0 spiro atoms. The van der Waals surface area contributed by atoms with Gasteiger partial charge in [-0.15, -0.1) is 0 Å². The first kappa shape index (κ1) is 26.1. The predicted molar refractivity (Wildman–Crippen MR) is 130 cm³/mol. The van der Waals surface area contributed by atoms with Crippen LogP contribution in [0.2, 0.25) is 0 Å². The predicted octanol–water partition coefficient (Wildman–Crippen LogP) is 6.89. The van der Waals surface area contributed by atoms with Crippen molar-refractivity contribution in [2.24, 2.45) is 0 Å². The Balaban J connectivity index is 0.000000400. The van der Waals surface area contributed by atoms with Gasteiger partial charge in [-0.1, -0.05) is 62.4 Å². The molecule has 0 saturated heterocycles. The Morgan fingerprint density at radius 3 is 2.19 bits per heavy atom. The average molecular weight is 423 g/mol. The average Bonchev–Trinajstić information content (AvgIpc) is 2.76. The minimum absolute atomic E-state index is 0.0473. The third kappa shape index (κ3) is 7.99. The number of aliphatic hydroxyl groups excluding tert-OH is 1. The minimum Gasteiger partial charge on any atom is -0.392 e. The van der Waals surface area contributed by atoms with Crippen molar-refractivity contribution in [1.82, 2.24) is 4.98 Å². The molecule has 0 fully saturated rings. The first-order chi connectivity index (χ1) is 14.8. The summed E-state index contributed by atoms with van der Waals surface area (Å²) in [6.07, 6.45) is 1.79. The highest BCUT2D eigenvalue weighted by Gasteiger charge is 2.13. The van der Waals surface area contributed by atoms with Gasteiger partial charge in [-0.2, -0.15) is 0 Å². The van der Waals surface area contributed by atoms with Crippen molar-refractivity contribution in [2.45, 2.75) is 54.7 Å². The zero-order valence-electron chi connectivity index (χ0n) is 19.6. The van der Waals surface area contributed by atoms with Crippen LogP contribution in [0.4, 0.5) is 10.1 Å². The number of halogens is 1. The molecule has 3 aromatic rings. The maximum atomic E-state index is 12.3. The van der Waals surface area contributed by atoms with Gasteiger partial charge < -0.3 is 10.0 Å².